The Morgan fingerprint density at radius 1 is 1.08 bits per heavy atom. The fourth-order valence-electron chi connectivity index (χ4n) is 2.73. The minimum atomic E-state index is -0.586. The number of fused-ring (bicyclic) bond motifs is 1. The highest BCUT2D eigenvalue weighted by molar-refractivity contribution is 5.96. The number of hydrogen-bond donors (Lipinski definition) is 2. The fourth-order valence-corrected chi connectivity index (χ4v) is 2.73. The first kappa shape index (κ1) is 16.7. The summed E-state index contributed by atoms with van der Waals surface area (Å²) in [7, 11) is 1.98. The smallest absolute Gasteiger partial charge is 0.246 e. The topological polar surface area (TPSA) is 76.0 Å². The minimum Gasteiger partial charge on any atom is -0.345 e. The van der Waals surface area contributed by atoms with Crippen LogP contribution in [0.3, 0.4) is 0 Å². The van der Waals surface area contributed by atoms with Crippen molar-refractivity contribution in [3.05, 3.63) is 48.5 Å². The molecular weight excluding hydrogens is 316 g/mol. The zero-order chi connectivity index (χ0) is 18.0. The van der Waals surface area contributed by atoms with Crippen LogP contribution in [-0.2, 0) is 16.6 Å². The molecule has 0 aliphatic carbocycles. The molecule has 0 spiro atoms. The molecule has 2 aromatic carbocycles. The van der Waals surface area contributed by atoms with Gasteiger partial charge in [-0.05, 0) is 43.3 Å². The van der Waals surface area contributed by atoms with Gasteiger partial charge in [0, 0.05) is 25.2 Å². The lowest BCUT2D eigenvalue weighted by Crippen LogP contribution is -2.40. The number of anilines is 1. The lowest BCUT2D eigenvalue weighted by Gasteiger charge is -2.13. The maximum atomic E-state index is 12.0. The molecule has 0 fully saturated rings. The second-order valence-corrected chi connectivity index (χ2v) is 5.97. The molecule has 1 atom stereocenters. The molecule has 6 heteroatoms. The Balaban J connectivity index is 1.79. The SMILES string of the molecule is CC(=O)N[C@@H](C)C(=O)Nc1ccc(-c2nc3ccccc3n2C)cc1. The van der Waals surface area contributed by atoms with Gasteiger partial charge in [0.1, 0.15) is 11.9 Å². The Kier molecular flexibility index (Phi) is 4.52. The van der Waals surface area contributed by atoms with Gasteiger partial charge in [0.2, 0.25) is 11.8 Å². The largest absolute Gasteiger partial charge is 0.345 e. The van der Waals surface area contributed by atoms with Crippen molar-refractivity contribution in [1.82, 2.24) is 14.9 Å². The van der Waals surface area contributed by atoms with E-state index in [2.05, 4.69) is 15.6 Å². The average Bonchev–Trinajstić information content (AvgIpc) is 2.92. The predicted molar refractivity (Wildman–Crippen MR) is 98.1 cm³/mol. The summed E-state index contributed by atoms with van der Waals surface area (Å²) in [6.07, 6.45) is 0. The highest BCUT2D eigenvalue weighted by Gasteiger charge is 2.14. The molecule has 0 radical (unpaired) electrons. The number of nitrogens with one attached hydrogen (secondary N) is 2. The van der Waals surface area contributed by atoms with Crippen LogP contribution in [0.4, 0.5) is 5.69 Å². The normalized spacial score (nSPS) is 12.0. The molecule has 2 amide bonds. The highest BCUT2D eigenvalue weighted by Crippen LogP contribution is 2.24. The zero-order valence-electron chi connectivity index (χ0n) is 14.4. The summed E-state index contributed by atoms with van der Waals surface area (Å²) >= 11 is 0. The molecule has 0 bridgehead atoms. The van der Waals surface area contributed by atoms with Gasteiger partial charge in [-0.2, -0.15) is 0 Å². The van der Waals surface area contributed by atoms with Gasteiger partial charge < -0.3 is 15.2 Å². The van der Waals surface area contributed by atoms with E-state index in [1.165, 1.54) is 6.92 Å². The molecule has 0 saturated carbocycles. The third kappa shape index (κ3) is 3.52. The molecule has 1 aromatic heterocycles. The first-order chi connectivity index (χ1) is 12.0. The number of aromatic nitrogens is 2. The van der Waals surface area contributed by atoms with E-state index < -0.39 is 6.04 Å². The van der Waals surface area contributed by atoms with Crippen LogP contribution in [0.2, 0.25) is 0 Å². The van der Waals surface area contributed by atoms with Crippen LogP contribution in [0.25, 0.3) is 22.4 Å². The Bertz CT molecular complexity index is 928. The van der Waals surface area contributed by atoms with Crippen molar-refractivity contribution in [1.29, 1.82) is 0 Å². The summed E-state index contributed by atoms with van der Waals surface area (Å²) in [6.45, 7) is 3.03. The standard InChI is InChI=1S/C19H20N4O2/c1-12(20-13(2)24)19(25)21-15-10-8-14(9-11-15)18-22-16-6-4-5-7-17(16)23(18)3/h4-12H,1-3H3,(H,20,24)(H,21,25)/t12-/m0/s1. The molecule has 6 nitrogen and oxygen atoms in total. The number of carbonyl (C=O) groups excluding carboxylic acids is 2. The van der Waals surface area contributed by atoms with Gasteiger partial charge in [-0.3, -0.25) is 9.59 Å². The number of benzene rings is 2. The van der Waals surface area contributed by atoms with Crippen LogP contribution in [0, 0.1) is 0 Å². The van der Waals surface area contributed by atoms with E-state index in [0.29, 0.717) is 5.69 Å². The van der Waals surface area contributed by atoms with Crippen LogP contribution in [0.1, 0.15) is 13.8 Å². The second-order valence-electron chi connectivity index (χ2n) is 5.97. The van der Waals surface area contributed by atoms with Gasteiger partial charge in [0.25, 0.3) is 0 Å². The lowest BCUT2D eigenvalue weighted by atomic mass is 10.2. The first-order valence-electron chi connectivity index (χ1n) is 8.05. The van der Waals surface area contributed by atoms with Gasteiger partial charge in [-0.25, -0.2) is 4.98 Å². The molecule has 1 heterocycles. The number of aryl methyl sites for hydroxylation is 1. The molecule has 0 aliphatic heterocycles. The Labute approximate surface area is 145 Å². The predicted octanol–water partition coefficient (Wildman–Crippen LogP) is 2.70. The molecule has 3 rings (SSSR count). The molecule has 0 aliphatic rings. The Morgan fingerprint density at radius 3 is 2.40 bits per heavy atom. The number of amides is 2. The number of rotatable bonds is 4. The third-order valence-electron chi connectivity index (χ3n) is 4.01. The number of para-hydroxylation sites is 2. The van der Waals surface area contributed by atoms with E-state index in [-0.39, 0.29) is 11.8 Å². The van der Waals surface area contributed by atoms with Crippen molar-refractivity contribution in [2.75, 3.05) is 5.32 Å². The molecular formula is C19H20N4O2. The Morgan fingerprint density at radius 2 is 1.76 bits per heavy atom. The summed E-state index contributed by atoms with van der Waals surface area (Å²) in [6, 6.07) is 14.9. The van der Waals surface area contributed by atoms with E-state index in [4.69, 9.17) is 0 Å². The van der Waals surface area contributed by atoms with Crippen molar-refractivity contribution < 1.29 is 9.59 Å². The maximum Gasteiger partial charge on any atom is 0.246 e. The summed E-state index contributed by atoms with van der Waals surface area (Å²) in [5.74, 6) is 0.371. The van der Waals surface area contributed by atoms with Crippen molar-refractivity contribution in [3.63, 3.8) is 0 Å². The molecule has 128 valence electrons. The number of carbonyl (C=O) groups is 2. The molecule has 25 heavy (non-hydrogen) atoms. The summed E-state index contributed by atoms with van der Waals surface area (Å²) < 4.78 is 2.04. The molecule has 0 saturated heterocycles. The van der Waals surface area contributed by atoms with Gasteiger partial charge in [0.15, 0.2) is 0 Å². The molecule has 2 N–H and O–H groups in total. The first-order valence-corrected chi connectivity index (χ1v) is 8.05. The Hall–Kier alpha value is -3.15. The van der Waals surface area contributed by atoms with E-state index in [9.17, 15) is 9.59 Å². The van der Waals surface area contributed by atoms with E-state index in [0.717, 1.165) is 22.4 Å². The molecule has 3 aromatic rings. The van der Waals surface area contributed by atoms with E-state index in [1.54, 1.807) is 6.92 Å². The van der Waals surface area contributed by atoms with Crippen molar-refractivity contribution in [2.24, 2.45) is 7.05 Å². The quantitative estimate of drug-likeness (QED) is 0.769. The zero-order valence-corrected chi connectivity index (χ0v) is 14.4. The van der Waals surface area contributed by atoms with Crippen LogP contribution in [0.5, 0.6) is 0 Å². The van der Waals surface area contributed by atoms with Crippen molar-refractivity contribution >= 4 is 28.5 Å². The monoisotopic (exact) mass is 336 g/mol. The van der Waals surface area contributed by atoms with Gasteiger partial charge in [-0.15, -0.1) is 0 Å². The van der Waals surface area contributed by atoms with Crippen LogP contribution >= 0.6 is 0 Å². The van der Waals surface area contributed by atoms with E-state index in [1.807, 2.05) is 60.1 Å². The summed E-state index contributed by atoms with van der Waals surface area (Å²) in [5, 5.41) is 5.34. The average molecular weight is 336 g/mol. The molecule has 0 unspecified atom stereocenters. The van der Waals surface area contributed by atoms with Crippen molar-refractivity contribution in [2.45, 2.75) is 19.9 Å². The fraction of sp³-hybridized carbons (Fsp3) is 0.211. The number of imidazole rings is 1. The van der Waals surface area contributed by atoms with Crippen LogP contribution < -0.4 is 10.6 Å². The van der Waals surface area contributed by atoms with Gasteiger partial charge >= 0.3 is 0 Å². The summed E-state index contributed by atoms with van der Waals surface area (Å²) in [5.41, 5.74) is 3.65. The maximum absolute atomic E-state index is 12.0. The summed E-state index contributed by atoms with van der Waals surface area (Å²) in [4.78, 5) is 27.7. The van der Waals surface area contributed by atoms with Crippen LogP contribution in [0.15, 0.2) is 48.5 Å². The van der Waals surface area contributed by atoms with Crippen LogP contribution in [-0.4, -0.2) is 27.4 Å². The lowest BCUT2D eigenvalue weighted by molar-refractivity contribution is -0.124. The highest BCUT2D eigenvalue weighted by atomic mass is 16.2. The van der Waals surface area contributed by atoms with Crippen molar-refractivity contribution in [3.8, 4) is 11.4 Å². The number of nitrogens with zero attached hydrogens (tertiary/aromatic N) is 2. The second kappa shape index (κ2) is 6.76. The van der Waals surface area contributed by atoms with Gasteiger partial charge in [0.05, 0.1) is 11.0 Å². The van der Waals surface area contributed by atoms with Gasteiger partial charge in [-0.1, -0.05) is 12.1 Å². The third-order valence-corrected chi connectivity index (χ3v) is 4.01. The minimum absolute atomic E-state index is 0.236. The van der Waals surface area contributed by atoms with E-state index >= 15 is 0 Å². The number of hydrogen-bond acceptors (Lipinski definition) is 3.